The Balaban J connectivity index is 1.77. The minimum absolute atomic E-state index is 0.653. The summed E-state index contributed by atoms with van der Waals surface area (Å²) in [4.78, 5) is 2.55. The van der Waals surface area contributed by atoms with Crippen molar-refractivity contribution in [3.8, 4) is 0 Å². The zero-order valence-corrected chi connectivity index (χ0v) is 10.1. The van der Waals surface area contributed by atoms with Gasteiger partial charge in [-0.05, 0) is 32.2 Å². The maximum absolute atomic E-state index is 5.91. The zero-order chi connectivity index (χ0) is 10.7. The normalized spacial score (nSPS) is 25.8. The molecule has 0 aliphatic heterocycles. The molecular formula is C13H26N2. The quantitative estimate of drug-likeness (QED) is 0.755. The maximum Gasteiger partial charge on any atom is 0.0220 e. The molecule has 2 aliphatic rings. The molecule has 2 saturated carbocycles. The Morgan fingerprint density at radius 3 is 2.33 bits per heavy atom. The molecule has 0 aromatic heterocycles. The van der Waals surface area contributed by atoms with E-state index in [0.29, 0.717) is 6.04 Å². The highest BCUT2D eigenvalue weighted by Crippen LogP contribution is 2.32. The van der Waals surface area contributed by atoms with Gasteiger partial charge in [0.05, 0.1) is 0 Å². The molecule has 1 unspecified atom stereocenters. The number of nitrogens with zero attached hydrogens (tertiary/aromatic N) is 1. The molecule has 2 fully saturated rings. The predicted octanol–water partition coefficient (Wildman–Crippen LogP) is 2.38. The van der Waals surface area contributed by atoms with Crippen LogP contribution in [0.1, 0.15) is 51.4 Å². The minimum atomic E-state index is 0.653. The molecule has 0 spiro atoms. The van der Waals surface area contributed by atoms with E-state index in [1.165, 1.54) is 51.4 Å². The predicted molar refractivity (Wildman–Crippen MR) is 64.8 cm³/mol. The number of nitrogens with two attached hydrogens (primary N) is 1. The van der Waals surface area contributed by atoms with Crippen LogP contribution in [0.15, 0.2) is 0 Å². The van der Waals surface area contributed by atoms with Gasteiger partial charge in [-0.3, -0.25) is 4.90 Å². The molecule has 0 aromatic carbocycles. The Labute approximate surface area is 94.2 Å². The van der Waals surface area contributed by atoms with Crippen LogP contribution in [0.3, 0.4) is 0 Å². The van der Waals surface area contributed by atoms with Crippen molar-refractivity contribution in [3.05, 3.63) is 0 Å². The summed E-state index contributed by atoms with van der Waals surface area (Å²) in [6.45, 7) is 0.851. The van der Waals surface area contributed by atoms with Crippen LogP contribution in [0.5, 0.6) is 0 Å². The molecule has 15 heavy (non-hydrogen) atoms. The smallest absolute Gasteiger partial charge is 0.0220 e. The Bertz CT molecular complexity index is 183. The summed E-state index contributed by atoms with van der Waals surface area (Å²) in [7, 11) is 2.28. The summed E-state index contributed by atoms with van der Waals surface area (Å²) >= 11 is 0. The Hall–Kier alpha value is -0.0800. The molecule has 0 bridgehead atoms. The highest BCUT2D eigenvalue weighted by molar-refractivity contribution is 4.88. The third-order valence-corrected chi connectivity index (χ3v) is 4.30. The standard InChI is InChI=1S/C13H26N2/c1-15(12-7-8-12)13(10-14)9-11-5-3-2-4-6-11/h11-13H,2-10,14H2,1H3. The van der Waals surface area contributed by atoms with Gasteiger partial charge in [0.25, 0.3) is 0 Å². The van der Waals surface area contributed by atoms with Crippen molar-refractivity contribution in [2.45, 2.75) is 63.5 Å². The van der Waals surface area contributed by atoms with Gasteiger partial charge >= 0.3 is 0 Å². The van der Waals surface area contributed by atoms with Crippen LogP contribution >= 0.6 is 0 Å². The molecule has 0 radical (unpaired) electrons. The van der Waals surface area contributed by atoms with Crippen molar-refractivity contribution in [2.75, 3.05) is 13.6 Å². The third-order valence-electron chi connectivity index (χ3n) is 4.30. The highest BCUT2D eigenvalue weighted by atomic mass is 15.2. The number of hydrogen-bond acceptors (Lipinski definition) is 2. The van der Waals surface area contributed by atoms with E-state index in [1.54, 1.807) is 0 Å². The topological polar surface area (TPSA) is 29.3 Å². The molecular weight excluding hydrogens is 184 g/mol. The second kappa shape index (κ2) is 5.31. The van der Waals surface area contributed by atoms with E-state index in [9.17, 15) is 0 Å². The Morgan fingerprint density at radius 1 is 1.13 bits per heavy atom. The molecule has 0 heterocycles. The second-order valence-corrected chi connectivity index (χ2v) is 5.53. The van der Waals surface area contributed by atoms with E-state index < -0.39 is 0 Å². The number of likely N-dealkylation sites (N-methyl/N-ethyl adjacent to an activating group) is 1. The highest BCUT2D eigenvalue weighted by Gasteiger charge is 2.31. The molecule has 2 nitrogen and oxygen atoms in total. The first kappa shape index (κ1) is 11.4. The van der Waals surface area contributed by atoms with Gasteiger partial charge < -0.3 is 5.73 Å². The lowest BCUT2D eigenvalue weighted by Crippen LogP contribution is -2.40. The average Bonchev–Trinajstić information content (AvgIpc) is 3.10. The summed E-state index contributed by atoms with van der Waals surface area (Å²) < 4.78 is 0. The molecule has 0 aromatic rings. The van der Waals surface area contributed by atoms with Gasteiger partial charge in [-0.2, -0.15) is 0 Å². The van der Waals surface area contributed by atoms with Gasteiger partial charge in [0.1, 0.15) is 0 Å². The van der Waals surface area contributed by atoms with Gasteiger partial charge in [0.2, 0.25) is 0 Å². The lowest BCUT2D eigenvalue weighted by molar-refractivity contribution is 0.184. The van der Waals surface area contributed by atoms with E-state index >= 15 is 0 Å². The summed E-state index contributed by atoms with van der Waals surface area (Å²) in [6.07, 6.45) is 11.4. The van der Waals surface area contributed by atoms with Crippen LogP contribution in [-0.4, -0.2) is 30.6 Å². The van der Waals surface area contributed by atoms with E-state index in [2.05, 4.69) is 11.9 Å². The van der Waals surface area contributed by atoms with Crippen LogP contribution in [0.4, 0.5) is 0 Å². The maximum atomic E-state index is 5.91. The molecule has 1 atom stereocenters. The van der Waals surface area contributed by atoms with Gasteiger partial charge in [-0.15, -0.1) is 0 Å². The average molecular weight is 210 g/mol. The monoisotopic (exact) mass is 210 g/mol. The molecule has 2 heteroatoms. The Kier molecular flexibility index (Phi) is 4.04. The second-order valence-electron chi connectivity index (χ2n) is 5.53. The molecule has 0 amide bonds. The summed E-state index contributed by atoms with van der Waals surface area (Å²) in [5, 5.41) is 0. The van der Waals surface area contributed by atoms with Crippen molar-refractivity contribution >= 4 is 0 Å². The van der Waals surface area contributed by atoms with E-state index in [0.717, 1.165) is 18.5 Å². The van der Waals surface area contributed by atoms with Crippen molar-refractivity contribution in [1.82, 2.24) is 4.90 Å². The van der Waals surface area contributed by atoms with Crippen LogP contribution in [0.25, 0.3) is 0 Å². The molecule has 88 valence electrons. The van der Waals surface area contributed by atoms with Crippen LogP contribution in [0, 0.1) is 5.92 Å². The van der Waals surface area contributed by atoms with Gasteiger partial charge in [0.15, 0.2) is 0 Å². The molecule has 2 rings (SSSR count). The first-order valence-electron chi connectivity index (χ1n) is 6.73. The SMILES string of the molecule is CN(C1CC1)C(CN)CC1CCCCC1. The third kappa shape index (κ3) is 3.18. The number of rotatable bonds is 5. The lowest BCUT2D eigenvalue weighted by atomic mass is 9.84. The fourth-order valence-corrected chi connectivity index (χ4v) is 3.02. The van der Waals surface area contributed by atoms with Crippen LogP contribution in [0.2, 0.25) is 0 Å². The van der Waals surface area contributed by atoms with Crippen molar-refractivity contribution < 1.29 is 0 Å². The molecule has 2 N–H and O–H groups in total. The number of hydrogen-bond donors (Lipinski definition) is 1. The van der Waals surface area contributed by atoms with Gasteiger partial charge in [0, 0.05) is 18.6 Å². The van der Waals surface area contributed by atoms with Gasteiger partial charge in [-0.1, -0.05) is 32.1 Å². The lowest BCUT2D eigenvalue weighted by Gasteiger charge is -2.32. The fourth-order valence-electron chi connectivity index (χ4n) is 3.02. The zero-order valence-electron chi connectivity index (χ0n) is 10.1. The van der Waals surface area contributed by atoms with E-state index in [-0.39, 0.29) is 0 Å². The first-order chi connectivity index (χ1) is 7.31. The van der Waals surface area contributed by atoms with Crippen molar-refractivity contribution in [2.24, 2.45) is 11.7 Å². The van der Waals surface area contributed by atoms with E-state index in [4.69, 9.17) is 5.73 Å². The van der Waals surface area contributed by atoms with Gasteiger partial charge in [-0.25, -0.2) is 0 Å². The van der Waals surface area contributed by atoms with Crippen LogP contribution in [-0.2, 0) is 0 Å². The van der Waals surface area contributed by atoms with Crippen molar-refractivity contribution in [1.29, 1.82) is 0 Å². The summed E-state index contributed by atoms with van der Waals surface area (Å²) in [5.74, 6) is 0.966. The first-order valence-corrected chi connectivity index (χ1v) is 6.73. The summed E-state index contributed by atoms with van der Waals surface area (Å²) in [5.41, 5.74) is 5.91. The van der Waals surface area contributed by atoms with Crippen LogP contribution < -0.4 is 5.73 Å². The minimum Gasteiger partial charge on any atom is -0.329 e. The largest absolute Gasteiger partial charge is 0.329 e. The van der Waals surface area contributed by atoms with Crippen molar-refractivity contribution in [3.63, 3.8) is 0 Å². The molecule has 0 saturated heterocycles. The summed E-state index contributed by atoms with van der Waals surface area (Å²) in [6, 6.07) is 1.52. The Morgan fingerprint density at radius 2 is 1.80 bits per heavy atom. The van der Waals surface area contributed by atoms with E-state index in [1.807, 2.05) is 0 Å². The fraction of sp³-hybridized carbons (Fsp3) is 1.00. The molecule has 2 aliphatic carbocycles.